The van der Waals surface area contributed by atoms with E-state index in [4.69, 9.17) is 16.0 Å². The predicted molar refractivity (Wildman–Crippen MR) is 149 cm³/mol. The number of carbonyl (C=O) groups is 2. The number of carboxylic acid groups (broad SMARTS) is 1. The van der Waals surface area contributed by atoms with E-state index < -0.39 is 17.9 Å². The largest absolute Gasteiger partial charge is 0.480 e. The molecule has 0 radical (unpaired) electrons. The standard InChI is InChI=1S/C30H30ClN3O4/c1-4-22-15-24(31)12-19(3)28(22)29(35)34-25(30(36)37)13-20-5-7-23(8-6-20)26-14-21(17-38-26)16-33-27-11-18(2)9-10-32-27/h5-12,14-15,17,25H,4,13,16H2,1-3H3,(H,32,33)(H,34,35)(H,36,37). The number of rotatable bonds is 10. The van der Waals surface area contributed by atoms with Gasteiger partial charge in [0.15, 0.2) is 0 Å². The van der Waals surface area contributed by atoms with Crippen molar-refractivity contribution >= 4 is 29.3 Å². The molecule has 0 bridgehead atoms. The number of nitrogens with one attached hydrogen (secondary N) is 2. The number of amides is 1. The molecule has 0 aliphatic carbocycles. The van der Waals surface area contributed by atoms with E-state index >= 15 is 0 Å². The maximum Gasteiger partial charge on any atom is 0.326 e. The van der Waals surface area contributed by atoms with Gasteiger partial charge in [-0.05, 0) is 72.9 Å². The molecular formula is C30H30ClN3O4. The number of hydrogen-bond acceptors (Lipinski definition) is 5. The average Bonchev–Trinajstić information content (AvgIpc) is 3.36. The number of anilines is 1. The minimum Gasteiger partial charge on any atom is -0.480 e. The van der Waals surface area contributed by atoms with Crippen molar-refractivity contribution < 1.29 is 19.1 Å². The SMILES string of the molecule is CCc1cc(Cl)cc(C)c1C(=O)NC(Cc1ccc(-c2cc(CNc3cc(C)ccn3)co2)cc1)C(=O)O. The Labute approximate surface area is 226 Å². The van der Waals surface area contributed by atoms with Gasteiger partial charge in [-0.15, -0.1) is 0 Å². The lowest BCUT2D eigenvalue weighted by atomic mass is 9.98. The van der Waals surface area contributed by atoms with Crippen LogP contribution in [0, 0.1) is 13.8 Å². The molecule has 0 spiro atoms. The molecule has 2 aromatic carbocycles. The molecule has 1 unspecified atom stereocenters. The third-order valence-electron chi connectivity index (χ3n) is 6.31. The normalized spacial score (nSPS) is 11.7. The molecule has 0 saturated carbocycles. The fourth-order valence-electron chi connectivity index (χ4n) is 4.33. The van der Waals surface area contributed by atoms with Crippen LogP contribution in [0.5, 0.6) is 0 Å². The molecule has 1 atom stereocenters. The van der Waals surface area contributed by atoms with Crippen molar-refractivity contribution in [3.8, 4) is 11.3 Å². The Morgan fingerprint density at radius 1 is 1.05 bits per heavy atom. The van der Waals surface area contributed by atoms with E-state index in [0.717, 1.165) is 33.6 Å². The number of halogens is 1. The lowest BCUT2D eigenvalue weighted by Crippen LogP contribution is -2.42. The van der Waals surface area contributed by atoms with Crippen molar-refractivity contribution in [2.45, 2.75) is 46.2 Å². The summed E-state index contributed by atoms with van der Waals surface area (Å²) in [5, 5.41) is 16.3. The van der Waals surface area contributed by atoms with E-state index in [-0.39, 0.29) is 6.42 Å². The Kier molecular flexibility index (Phi) is 8.48. The summed E-state index contributed by atoms with van der Waals surface area (Å²) in [6, 6.07) is 15.7. The molecule has 196 valence electrons. The van der Waals surface area contributed by atoms with Crippen molar-refractivity contribution in [3.63, 3.8) is 0 Å². The summed E-state index contributed by atoms with van der Waals surface area (Å²) in [5.74, 6) is -0.00995. The number of carbonyl (C=O) groups excluding carboxylic acids is 1. The van der Waals surface area contributed by atoms with E-state index in [1.807, 2.05) is 56.3 Å². The summed E-state index contributed by atoms with van der Waals surface area (Å²) in [6.07, 6.45) is 4.22. The van der Waals surface area contributed by atoms with E-state index in [0.29, 0.717) is 34.9 Å². The number of benzene rings is 2. The number of furan rings is 1. The van der Waals surface area contributed by atoms with Gasteiger partial charge in [0.2, 0.25) is 0 Å². The zero-order valence-electron chi connectivity index (χ0n) is 21.5. The molecule has 0 aliphatic rings. The summed E-state index contributed by atoms with van der Waals surface area (Å²) < 4.78 is 5.74. The number of aryl methyl sites for hydroxylation is 3. The Morgan fingerprint density at radius 3 is 2.50 bits per heavy atom. The second kappa shape index (κ2) is 12.0. The third-order valence-corrected chi connectivity index (χ3v) is 6.53. The molecule has 4 aromatic rings. The summed E-state index contributed by atoms with van der Waals surface area (Å²) in [6.45, 7) is 6.31. The second-order valence-corrected chi connectivity index (χ2v) is 9.70. The van der Waals surface area contributed by atoms with Crippen molar-refractivity contribution in [2.24, 2.45) is 0 Å². The molecule has 38 heavy (non-hydrogen) atoms. The topological polar surface area (TPSA) is 104 Å². The summed E-state index contributed by atoms with van der Waals surface area (Å²) >= 11 is 6.14. The summed E-state index contributed by atoms with van der Waals surface area (Å²) in [5.41, 5.74) is 5.72. The second-order valence-electron chi connectivity index (χ2n) is 9.27. The molecule has 3 N–H and O–H groups in total. The monoisotopic (exact) mass is 531 g/mol. The molecule has 2 aromatic heterocycles. The highest BCUT2D eigenvalue weighted by Gasteiger charge is 2.23. The number of aromatic nitrogens is 1. The smallest absolute Gasteiger partial charge is 0.326 e. The Morgan fingerprint density at radius 2 is 1.82 bits per heavy atom. The molecule has 0 saturated heterocycles. The van der Waals surface area contributed by atoms with Gasteiger partial charge in [0.05, 0.1) is 6.26 Å². The van der Waals surface area contributed by atoms with E-state index in [1.165, 1.54) is 0 Å². The van der Waals surface area contributed by atoms with Crippen LogP contribution in [0.15, 0.2) is 71.5 Å². The highest BCUT2D eigenvalue weighted by Crippen LogP contribution is 2.24. The maximum absolute atomic E-state index is 13.0. The highest BCUT2D eigenvalue weighted by molar-refractivity contribution is 6.30. The molecular weight excluding hydrogens is 502 g/mol. The predicted octanol–water partition coefficient (Wildman–Crippen LogP) is 6.21. The first-order chi connectivity index (χ1) is 18.2. The number of carboxylic acids is 1. The van der Waals surface area contributed by atoms with Crippen LogP contribution in [0.4, 0.5) is 5.82 Å². The minimum absolute atomic E-state index is 0.145. The van der Waals surface area contributed by atoms with Crippen molar-refractivity contribution in [3.05, 3.63) is 105 Å². The van der Waals surface area contributed by atoms with Gasteiger partial charge in [-0.1, -0.05) is 42.8 Å². The lowest BCUT2D eigenvalue weighted by Gasteiger charge is -2.18. The maximum atomic E-state index is 13.0. The minimum atomic E-state index is -1.10. The van der Waals surface area contributed by atoms with E-state index in [9.17, 15) is 14.7 Å². The molecule has 1 amide bonds. The molecule has 4 rings (SSSR count). The fourth-order valence-corrected chi connectivity index (χ4v) is 4.63. The van der Waals surface area contributed by atoms with Crippen molar-refractivity contribution in [1.82, 2.24) is 10.3 Å². The van der Waals surface area contributed by atoms with Crippen LogP contribution in [0.2, 0.25) is 5.02 Å². The molecule has 2 heterocycles. The lowest BCUT2D eigenvalue weighted by molar-refractivity contribution is -0.139. The van der Waals surface area contributed by atoms with Crippen LogP contribution in [0.25, 0.3) is 11.3 Å². The van der Waals surface area contributed by atoms with Crippen LogP contribution in [-0.2, 0) is 24.2 Å². The van der Waals surface area contributed by atoms with Gasteiger partial charge in [0.1, 0.15) is 17.6 Å². The number of aliphatic carboxylic acids is 1. The number of hydrogen-bond donors (Lipinski definition) is 3. The summed E-state index contributed by atoms with van der Waals surface area (Å²) in [7, 11) is 0. The Hall–Kier alpha value is -4.10. The van der Waals surface area contributed by atoms with Gasteiger partial charge in [0.25, 0.3) is 5.91 Å². The van der Waals surface area contributed by atoms with Gasteiger partial charge in [0, 0.05) is 40.9 Å². The Balaban J connectivity index is 1.41. The quantitative estimate of drug-likeness (QED) is 0.225. The van der Waals surface area contributed by atoms with Crippen LogP contribution in [0.1, 0.15) is 45.1 Å². The highest BCUT2D eigenvalue weighted by atomic mass is 35.5. The first-order valence-electron chi connectivity index (χ1n) is 12.4. The van der Waals surface area contributed by atoms with Crippen molar-refractivity contribution in [1.29, 1.82) is 0 Å². The van der Waals surface area contributed by atoms with Gasteiger partial charge in [-0.25, -0.2) is 9.78 Å². The molecule has 8 heteroatoms. The van der Waals surface area contributed by atoms with Crippen LogP contribution in [0.3, 0.4) is 0 Å². The Bertz CT molecular complexity index is 1450. The zero-order chi connectivity index (χ0) is 27.2. The van der Waals surface area contributed by atoms with Crippen LogP contribution in [-0.4, -0.2) is 28.0 Å². The number of pyridine rings is 1. The molecule has 0 fully saturated rings. The zero-order valence-corrected chi connectivity index (χ0v) is 22.3. The molecule has 0 aliphatic heterocycles. The van der Waals surface area contributed by atoms with Gasteiger partial charge >= 0.3 is 5.97 Å². The fraction of sp³-hybridized carbons (Fsp3) is 0.233. The van der Waals surface area contributed by atoms with E-state index in [1.54, 1.807) is 31.5 Å². The number of nitrogens with zero attached hydrogens (tertiary/aromatic N) is 1. The van der Waals surface area contributed by atoms with Crippen LogP contribution < -0.4 is 10.6 Å². The first kappa shape index (κ1) is 26.9. The van der Waals surface area contributed by atoms with Crippen molar-refractivity contribution in [2.75, 3.05) is 5.32 Å². The van der Waals surface area contributed by atoms with Crippen LogP contribution >= 0.6 is 11.6 Å². The van der Waals surface area contributed by atoms with Gasteiger partial charge in [-0.2, -0.15) is 0 Å². The van der Waals surface area contributed by atoms with E-state index in [2.05, 4.69) is 15.6 Å². The first-order valence-corrected chi connectivity index (χ1v) is 12.8. The average molecular weight is 532 g/mol. The van der Waals surface area contributed by atoms with Gasteiger partial charge in [-0.3, -0.25) is 4.79 Å². The third kappa shape index (κ3) is 6.61. The molecule has 7 nitrogen and oxygen atoms in total. The summed E-state index contributed by atoms with van der Waals surface area (Å²) in [4.78, 5) is 29.3. The van der Waals surface area contributed by atoms with Gasteiger partial charge < -0.3 is 20.2 Å².